The number of nitrogens with zero attached hydrogens (tertiary/aromatic N) is 1. The molecule has 0 fully saturated rings. The summed E-state index contributed by atoms with van der Waals surface area (Å²) in [6, 6.07) is 18.0. The topological polar surface area (TPSA) is 68.0 Å². The van der Waals surface area contributed by atoms with Gasteiger partial charge in [0.25, 0.3) is 5.91 Å². The fourth-order valence-corrected chi connectivity index (χ4v) is 5.08. The lowest BCUT2D eigenvalue weighted by Crippen LogP contribution is -2.11. The van der Waals surface area contributed by atoms with Crippen molar-refractivity contribution in [3.63, 3.8) is 0 Å². The first-order valence-corrected chi connectivity index (χ1v) is 10.6. The highest BCUT2D eigenvalue weighted by atomic mass is 32.1. The van der Waals surface area contributed by atoms with Crippen LogP contribution in [0.15, 0.2) is 54.6 Å². The van der Waals surface area contributed by atoms with Crippen LogP contribution < -0.4 is 11.1 Å². The molecule has 0 aliphatic heterocycles. The number of nitrogens with one attached hydrogen (secondary N) is 1. The summed E-state index contributed by atoms with van der Waals surface area (Å²) in [5.41, 5.74) is 13.8. The number of hydrogen-bond acceptors (Lipinski definition) is 4. The number of nitrogens with two attached hydrogens (primary N) is 1. The van der Waals surface area contributed by atoms with Crippen LogP contribution in [0.4, 0.5) is 11.4 Å². The van der Waals surface area contributed by atoms with Crippen molar-refractivity contribution in [1.82, 2.24) is 4.98 Å². The van der Waals surface area contributed by atoms with Gasteiger partial charge in [0.1, 0.15) is 9.71 Å². The van der Waals surface area contributed by atoms with Crippen molar-refractivity contribution in [3.05, 3.63) is 76.3 Å². The van der Waals surface area contributed by atoms with Crippen LogP contribution in [0.5, 0.6) is 0 Å². The third-order valence-electron chi connectivity index (χ3n) is 5.48. The average molecular weight is 400 g/mol. The maximum atomic E-state index is 12.9. The molecular formula is C24H21N3OS. The average Bonchev–Trinajstić information content (AvgIpc) is 3.32. The van der Waals surface area contributed by atoms with Gasteiger partial charge in [-0.05, 0) is 55.0 Å². The minimum Gasteiger partial charge on any atom is -0.397 e. The number of carbonyl (C=O) groups is 1. The van der Waals surface area contributed by atoms with Gasteiger partial charge in [0, 0.05) is 16.8 Å². The number of hydrogen-bond donors (Lipinski definition) is 2. The van der Waals surface area contributed by atoms with E-state index in [0.29, 0.717) is 10.6 Å². The van der Waals surface area contributed by atoms with Crippen LogP contribution in [0.3, 0.4) is 0 Å². The summed E-state index contributed by atoms with van der Waals surface area (Å²) in [6.07, 6.45) is 3.09. The molecule has 4 nitrogen and oxygen atoms in total. The number of pyridine rings is 1. The van der Waals surface area contributed by atoms with Gasteiger partial charge >= 0.3 is 0 Å². The molecule has 29 heavy (non-hydrogen) atoms. The summed E-state index contributed by atoms with van der Waals surface area (Å²) < 4.78 is 0. The van der Waals surface area contributed by atoms with Crippen LogP contribution in [0, 0.1) is 6.92 Å². The number of benzene rings is 2. The van der Waals surface area contributed by atoms with Gasteiger partial charge in [-0.1, -0.05) is 48.0 Å². The maximum Gasteiger partial charge on any atom is 0.267 e. The van der Waals surface area contributed by atoms with E-state index in [1.807, 2.05) is 30.3 Å². The molecule has 5 heteroatoms. The number of para-hydroxylation sites is 1. The Labute approximate surface area is 173 Å². The van der Waals surface area contributed by atoms with E-state index in [4.69, 9.17) is 10.7 Å². The van der Waals surface area contributed by atoms with Crippen molar-refractivity contribution in [2.45, 2.75) is 26.2 Å². The molecule has 0 unspecified atom stereocenters. The second-order valence-corrected chi connectivity index (χ2v) is 8.48. The molecule has 4 aromatic rings. The van der Waals surface area contributed by atoms with Gasteiger partial charge in [-0.3, -0.25) is 4.79 Å². The normalized spacial score (nSPS) is 12.9. The van der Waals surface area contributed by atoms with E-state index >= 15 is 0 Å². The predicted molar refractivity (Wildman–Crippen MR) is 121 cm³/mol. The summed E-state index contributed by atoms with van der Waals surface area (Å²) in [6.45, 7) is 2.08. The highest BCUT2D eigenvalue weighted by Gasteiger charge is 2.26. The zero-order valence-electron chi connectivity index (χ0n) is 16.2. The molecule has 0 bridgehead atoms. The molecule has 0 spiro atoms. The van der Waals surface area contributed by atoms with Gasteiger partial charge in [0.15, 0.2) is 0 Å². The van der Waals surface area contributed by atoms with Gasteiger partial charge in [0.2, 0.25) is 0 Å². The Morgan fingerprint density at radius 3 is 2.59 bits per heavy atom. The molecule has 2 aromatic heterocycles. The Kier molecular flexibility index (Phi) is 4.32. The number of anilines is 2. The number of rotatable bonds is 3. The number of nitrogen functional groups attached to an aromatic ring is 1. The second kappa shape index (κ2) is 7.01. The van der Waals surface area contributed by atoms with Gasteiger partial charge in [-0.25, -0.2) is 4.98 Å². The number of carbonyl (C=O) groups excluding carboxylic acids is 1. The first kappa shape index (κ1) is 17.9. The molecule has 3 N–H and O–H groups in total. The van der Waals surface area contributed by atoms with E-state index < -0.39 is 0 Å². The molecule has 0 saturated carbocycles. The SMILES string of the molecule is Cc1ccc(-c2c3c(nc4sc(C(=O)Nc5ccccc5)c(N)c24)CCC3)cc1. The van der Waals surface area contributed by atoms with Crippen LogP contribution >= 0.6 is 11.3 Å². The van der Waals surface area contributed by atoms with E-state index in [1.165, 1.54) is 22.5 Å². The predicted octanol–water partition coefficient (Wildman–Crippen LogP) is 5.59. The quantitative estimate of drug-likeness (QED) is 0.471. The van der Waals surface area contributed by atoms with E-state index in [1.54, 1.807) is 0 Å². The van der Waals surface area contributed by atoms with Crippen molar-refractivity contribution < 1.29 is 4.79 Å². The summed E-state index contributed by atoms with van der Waals surface area (Å²) in [4.78, 5) is 19.2. The van der Waals surface area contributed by atoms with E-state index in [2.05, 4.69) is 36.5 Å². The van der Waals surface area contributed by atoms with Gasteiger partial charge in [0.05, 0.1) is 5.69 Å². The molecule has 1 aliphatic rings. The Morgan fingerprint density at radius 2 is 1.83 bits per heavy atom. The summed E-state index contributed by atoms with van der Waals surface area (Å²) >= 11 is 1.38. The number of amides is 1. The highest BCUT2D eigenvalue weighted by molar-refractivity contribution is 7.21. The molecule has 144 valence electrons. The molecule has 0 radical (unpaired) electrons. The molecule has 0 atom stereocenters. The number of thiophene rings is 1. The Balaban J connectivity index is 1.68. The lowest BCUT2D eigenvalue weighted by molar-refractivity contribution is 0.103. The van der Waals surface area contributed by atoms with Crippen LogP contribution in [-0.2, 0) is 12.8 Å². The molecule has 2 aromatic carbocycles. The van der Waals surface area contributed by atoms with Crippen LogP contribution in [-0.4, -0.2) is 10.9 Å². The van der Waals surface area contributed by atoms with Crippen molar-refractivity contribution >= 4 is 38.8 Å². The largest absolute Gasteiger partial charge is 0.397 e. The van der Waals surface area contributed by atoms with E-state index in [0.717, 1.165) is 52.0 Å². The standard InChI is InChI=1S/C24H21N3OS/c1-14-10-12-15(13-11-14)19-17-8-5-9-18(17)27-24-20(19)21(25)22(29-24)23(28)26-16-6-3-2-4-7-16/h2-4,6-7,10-13H,5,8-9,25H2,1H3,(H,26,28). The first-order valence-electron chi connectivity index (χ1n) is 9.79. The van der Waals surface area contributed by atoms with Crippen molar-refractivity contribution in [3.8, 4) is 11.1 Å². The van der Waals surface area contributed by atoms with Gasteiger partial charge in [-0.15, -0.1) is 11.3 Å². The van der Waals surface area contributed by atoms with Gasteiger partial charge < -0.3 is 11.1 Å². The monoisotopic (exact) mass is 399 g/mol. The van der Waals surface area contributed by atoms with Crippen LogP contribution in [0.25, 0.3) is 21.3 Å². The highest BCUT2D eigenvalue weighted by Crippen LogP contribution is 2.44. The van der Waals surface area contributed by atoms with Crippen LogP contribution in [0.2, 0.25) is 0 Å². The zero-order valence-corrected chi connectivity index (χ0v) is 17.0. The molecular weight excluding hydrogens is 378 g/mol. The second-order valence-electron chi connectivity index (χ2n) is 7.48. The summed E-state index contributed by atoms with van der Waals surface area (Å²) in [5.74, 6) is -0.188. The molecule has 1 amide bonds. The van der Waals surface area contributed by atoms with Crippen molar-refractivity contribution in [1.29, 1.82) is 0 Å². The third kappa shape index (κ3) is 3.08. The van der Waals surface area contributed by atoms with Crippen LogP contribution in [0.1, 0.15) is 32.9 Å². The number of fused-ring (bicyclic) bond motifs is 2. The smallest absolute Gasteiger partial charge is 0.267 e. The van der Waals surface area contributed by atoms with Crippen molar-refractivity contribution in [2.75, 3.05) is 11.1 Å². The maximum absolute atomic E-state index is 12.9. The summed E-state index contributed by atoms with van der Waals surface area (Å²) in [7, 11) is 0. The van der Waals surface area contributed by atoms with Gasteiger partial charge in [-0.2, -0.15) is 0 Å². The van der Waals surface area contributed by atoms with E-state index in [9.17, 15) is 4.79 Å². The zero-order chi connectivity index (χ0) is 20.0. The molecule has 0 saturated heterocycles. The lowest BCUT2D eigenvalue weighted by atomic mass is 9.95. The van der Waals surface area contributed by atoms with Crippen molar-refractivity contribution in [2.24, 2.45) is 0 Å². The Hall–Kier alpha value is -3.18. The summed E-state index contributed by atoms with van der Waals surface area (Å²) in [5, 5.41) is 3.86. The minimum absolute atomic E-state index is 0.188. The third-order valence-corrected chi connectivity index (χ3v) is 6.58. The molecule has 2 heterocycles. The fraction of sp³-hybridized carbons (Fsp3) is 0.167. The molecule has 5 rings (SSSR count). The fourth-order valence-electron chi connectivity index (χ4n) is 4.06. The number of aryl methyl sites for hydroxylation is 2. The number of aromatic nitrogens is 1. The first-order chi connectivity index (χ1) is 14.1. The van der Waals surface area contributed by atoms with E-state index in [-0.39, 0.29) is 5.91 Å². The minimum atomic E-state index is -0.188. The lowest BCUT2D eigenvalue weighted by Gasteiger charge is -2.12. The Morgan fingerprint density at radius 1 is 1.07 bits per heavy atom. The Bertz CT molecular complexity index is 1230. The molecule has 1 aliphatic carbocycles.